The minimum absolute atomic E-state index is 0.122. The lowest BCUT2D eigenvalue weighted by Gasteiger charge is -2.29. The Bertz CT molecular complexity index is 788. The van der Waals surface area contributed by atoms with Crippen LogP contribution in [0.2, 0.25) is 0 Å². The normalized spacial score (nSPS) is 18.1. The first kappa shape index (κ1) is 28.8. The number of hydrogen-bond acceptors (Lipinski definition) is 7. The second kappa shape index (κ2) is 13.5. The van der Waals surface area contributed by atoms with Crippen LogP contribution in [-0.4, -0.2) is 76.2 Å². The van der Waals surface area contributed by atoms with Gasteiger partial charge in [-0.3, -0.25) is 24.0 Å². The SMILES string of the molecule is CC(C)CC(N)C(=O)NC(CCC(N)=O)C(=O)NC(CCC(N)=O)C(=O)N1CCCC1C(=O)O. The van der Waals surface area contributed by atoms with Crippen LogP contribution in [0.5, 0.6) is 0 Å². The predicted molar refractivity (Wildman–Crippen MR) is 121 cm³/mol. The molecular weight excluding hydrogens is 448 g/mol. The quantitative estimate of drug-likeness (QED) is 0.160. The fraction of sp³-hybridized carbons (Fsp3) is 0.714. The van der Waals surface area contributed by atoms with Crippen LogP contribution in [0.4, 0.5) is 0 Å². The van der Waals surface area contributed by atoms with E-state index >= 15 is 0 Å². The van der Waals surface area contributed by atoms with Gasteiger partial charge in [0.05, 0.1) is 6.04 Å². The van der Waals surface area contributed by atoms with Crippen LogP contribution in [0, 0.1) is 5.92 Å². The zero-order valence-electron chi connectivity index (χ0n) is 19.6. The lowest BCUT2D eigenvalue weighted by atomic mass is 10.0. The van der Waals surface area contributed by atoms with Gasteiger partial charge in [-0.1, -0.05) is 13.8 Å². The highest BCUT2D eigenvalue weighted by molar-refractivity contribution is 5.94. The number of nitrogens with two attached hydrogens (primary N) is 3. The maximum atomic E-state index is 13.1. The number of primary amides is 2. The van der Waals surface area contributed by atoms with Crippen LogP contribution >= 0.6 is 0 Å². The summed E-state index contributed by atoms with van der Waals surface area (Å²) in [6.45, 7) is 3.94. The van der Waals surface area contributed by atoms with Crippen molar-refractivity contribution in [3.8, 4) is 0 Å². The molecular formula is C21H36N6O7. The Morgan fingerprint density at radius 3 is 1.97 bits per heavy atom. The Kier molecular flexibility index (Phi) is 11.4. The molecule has 192 valence electrons. The van der Waals surface area contributed by atoms with Crippen molar-refractivity contribution in [2.24, 2.45) is 23.1 Å². The smallest absolute Gasteiger partial charge is 0.326 e. The predicted octanol–water partition coefficient (Wildman–Crippen LogP) is -2.06. The third kappa shape index (κ3) is 9.33. The van der Waals surface area contributed by atoms with E-state index in [0.717, 1.165) is 4.90 Å². The maximum Gasteiger partial charge on any atom is 0.326 e. The summed E-state index contributed by atoms with van der Waals surface area (Å²) in [5.41, 5.74) is 16.2. The summed E-state index contributed by atoms with van der Waals surface area (Å²) >= 11 is 0. The first-order valence-corrected chi connectivity index (χ1v) is 11.3. The van der Waals surface area contributed by atoms with Crippen molar-refractivity contribution in [1.29, 1.82) is 0 Å². The van der Waals surface area contributed by atoms with Gasteiger partial charge in [0.15, 0.2) is 0 Å². The molecule has 34 heavy (non-hydrogen) atoms. The minimum Gasteiger partial charge on any atom is -0.480 e. The zero-order chi connectivity index (χ0) is 26.0. The number of amides is 5. The summed E-state index contributed by atoms with van der Waals surface area (Å²) in [6, 6.07) is -4.41. The third-order valence-corrected chi connectivity index (χ3v) is 5.49. The number of carbonyl (C=O) groups is 6. The molecule has 0 aromatic heterocycles. The average molecular weight is 485 g/mol. The van der Waals surface area contributed by atoms with Gasteiger partial charge in [-0.05, 0) is 38.0 Å². The molecule has 0 radical (unpaired) electrons. The highest BCUT2D eigenvalue weighted by Gasteiger charge is 2.38. The fourth-order valence-electron chi connectivity index (χ4n) is 3.75. The number of carboxylic acid groups (broad SMARTS) is 1. The molecule has 9 N–H and O–H groups in total. The molecule has 0 saturated carbocycles. The van der Waals surface area contributed by atoms with Crippen LogP contribution in [0.1, 0.15) is 58.8 Å². The second-order valence-corrected chi connectivity index (χ2v) is 8.90. The van der Waals surface area contributed by atoms with Crippen molar-refractivity contribution in [2.75, 3.05) is 6.54 Å². The molecule has 0 bridgehead atoms. The van der Waals surface area contributed by atoms with Gasteiger partial charge in [0.2, 0.25) is 29.5 Å². The van der Waals surface area contributed by atoms with E-state index in [0.29, 0.717) is 12.8 Å². The van der Waals surface area contributed by atoms with Crippen LogP contribution < -0.4 is 27.8 Å². The number of rotatable bonds is 14. The van der Waals surface area contributed by atoms with Crippen molar-refractivity contribution in [3.63, 3.8) is 0 Å². The molecule has 13 heteroatoms. The van der Waals surface area contributed by atoms with E-state index in [1.165, 1.54) is 0 Å². The summed E-state index contributed by atoms with van der Waals surface area (Å²) in [6.07, 6.45) is 0.352. The summed E-state index contributed by atoms with van der Waals surface area (Å²) in [4.78, 5) is 73.7. The van der Waals surface area contributed by atoms with Crippen LogP contribution in [0.15, 0.2) is 0 Å². The molecule has 0 spiro atoms. The molecule has 0 aliphatic carbocycles. The van der Waals surface area contributed by atoms with Gasteiger partial charge in [-0.25, -0.2) is 4.79 Å². The zero-order valence-corrected chi connectivity index (χ0v) is 19.6. The number of nitrogens with one attached hydrogen (secondary N) is 2. The van der Waals surface area contributed by atoms with Gasteiger partial charge in [-0.15, -0.1) is 0 Å². The number of carbonyl (C=O) groups excluding carboxylic acids is 5. The van der Waals surface area contributed by atoms with Crippen molar-refractivity contribution in [2.45, 2.75) is 83.0 Å². The van der Waals surface area contributed by atoms with E-state index in [1.54, 1.807) is 0 Å². The largest absolute Gasteiger partial charge is 0.480 e. The van der Waals surface area contributed by atoms with Gasteiger partial charge in [0.1, 0.15) is 18.1 Å². The van der Waals surface area contributed by atoms with E-state index in [-0.39, 0.29) is 44.6 Å². The molecule has 13 nitrogen and oxygen atoms in total. The molecule has 1 aliphatic heterocycles. The molecule has 1 rings (SSSR count). The maximum absolute atomic E-state index is 13.1. The number of aliphatic carboxylic acids is 1. The van der Waals surface area contributed by atoms with Gasteiger partial charge in [0, 0.05) is 19.4 Å². The highest BCUT2D eigenvalue weighted by Crippen LogP contribution is 2.20. The summed E-state index contributed by atoms with van der Waals surface area (Å²) in [5.74, 6) is -4.52. The Morgan fingerprint density at radius 1 is 0.941 bits per heavy atom. The van der Waals surface area contributed by atoms with E-state index in [4.69, 9.17) is 17.2 Å². The fourth-order valence-corrected chi connectivity index (χ4v) is 3.75. The van der Waals surface area contributed by atoms with Crippen molar-refractivity contribution >= 4 is 35.5 Å². The number of nitrogens with zero attached hydrogens (tertiary/aromatic N) is 1. The highest BCUT2D eigenvalue weighted by atomic mass is 16.4. The molecule has 5 amide bonds. The standard InChI is InChI=1S/C21H36N6O7/c1-11(2)10-12(22)18(30)25-13(5-7-16(23)28)19(31)26-14(6-8-17(24)29)20(32)27-9-3-4-15(27)21(33)34/h11-15H,3-10,22H2,1-2H3,(H2,23,28)(H2,24,29)(H,25,30)(H,26,31)(H,33,34). The second-order valence-electron chi connectivity index (χ2n) is 8.90. The van der Waals surface area contributed by atoms with E-state index < -0.39 is 59.7 Å². The lowest BCUT2D eigenvalue weighted by molar-refractivity contribution is -0.149. The van der Waals surface area contributed by atoms with Crippen molar-refractivity contribution in [1.82, 2.24) is 15.5 Å². The van der Waals surface area contributed by atoms with E-state index in [9.17, 15) is 33.9 Å². The van der Waals surface area contributed by atoms with Crippen LogP contribution in [0.3, 0.4) is 0 Å². The number of hydrogen-bond donors (Lipinski definition) is 6. The molecule has 4 unspecified atom stereocenters. The lowest BCUT2D eigenvalue weighted by Crippen LogP contribution is -2.57. The number of carboxylic acids is 1. The first-order valence-electron chi connectivity index (χ1n) is 11.3. The van der Waals surface area contributed by atoms with E-state index in [2.05, 4.69) is 10.6 Å². The van der Waals surface area contributed by atoms with Crippen LogP contribution in [0.25, 0.3) is 0 Å². The van der Waals surface area contributed by atoms with Crippen LogP contribution in [-0.2, 0) is 28.8 Å². The van der Waals surface area contributed by atoms with Gasteiger partial charge >= 0.3 is 5.97 Å². The summed E-state index contributed by atoms with van der Waals surface area (Å²) in [5, 5.41) is 14.3. The van der Waals surface area contributed by atoms with Gasteiger partial charge in [-0.2, -0.15) is 0 Å². The number of likely N-dealkylation sites (tertiary alicyclic amines) is 1. The molecule has 1 fully saturated rings. The first-order chi connectivity index (χ1) is 15.8. The van der Waals surface area contributed by atoms with Crippen molar-refractivity contribution < 1.29 is 33.9 Å². The monoisotopic (exact) mass is 484 g/mol. The van der Waals surface area contributed by atoms with E-state index in [1.807, 2.05) is 13.8 Å². The summed E-state index contributed by atoms with van der Waals surface area (Å²) < 4.78 is 0. The summed E-state index contributed by atoms with van der Waals surface area (Å²) in [7, 11) is 0. The van der Waals surface area contributed by atoms with Crippen molar-refractivity contribution in [3.05, 3.63) is 0 Å². The van der Waals surface area contributed by atoms with Gasteiger partial charge < -0.3 is 37.8 Å². The Labute approximate surface area is 198 Å². The Balaban J connectivity index is 3.04. The minimum atomic E-state index is -1.25. The molecule has 0 aromatic carbocycles. The Morgan fingerprint density at radius 2 is 1.47 bits per heavy atom. The Hall–Kier alpha value is -3.22. The topological polar surface area (TPSA) is 228 Å². The molecule has 1 heterocycles. The van der Waals surface area contributed by atoms with Gasteiger partial charge in [0.25, 0.3) is 0 Å². The average Bonchev–Trinajstić information content (AvgIpc) is 3.22. The molecule has 0 aromatic rings. The molecule has 4 atom stereocenters. The third-order valence-electron chi connectivity index (χ3n) is 5.49. The molecule has 1 saturated heterocycles. The molecule has 1 aliphatic rings.